The summed E-state index contributed by atoms with van der Waals surface area (Å²) < 4.78 is 1.92. The van der Waals surface area contributed by atoms with Gasteiger partial charge in [-0.15, -0.1) is 0 Å². The van der Waals surface area contributed by atoms with E-state index in [1.54, 1.807) is 7.05 Å². The van der Waals surface area contributed by atoms with Crippen LogP contribution in [0.25, 0.3) is 0 Å². The highest BCUT2D eigenvalue weighted by Crippen LogP contribution is 2.13. The normalized spacial score (nSPS) is 13.1. The molecule has 0 aromatic carbocycles. The van der Waals surface area contributed by atoms with Crippen molar-refractivity contribution < 1.29 is 4.79 Å². The molecule has 1 aromatic heterocycles. The van der Waals surface area contributed by atoms with Gasteiger partial charge >= 0.3 is 0 Å². The molecule has 1 heterocycles. The summed E-state index contributed by atoms with van der Waals surface area (Å²) >= 11 is 0. The number of amides is 1. The molecule has 1 rings (SSSR count). The van der Waals surface area contributed by atoms with Gasteiger partial charge in [-0.25, -0.2) is 0 Å². The Morgan fingerprint density at radius 2 is 1.83 bits per heavy atom. The Hall–Kier alpha value is -2.05. The molecule has 0 bridgehead atoms. The molecule has 0 spiro atoms. The van der Waals surface area contributed by atoms with E-state index in [4.69, 9.17) is 0 Å². The summed E-state index contributed by atoms with van der Waals surface area (Å²) in [4.78, 5) is 15.7. The number of aliphatic imine (C=N–C) groups is 1. The van der Waals surface area contributed by atoms with Gasteiger partial charge < -0.3 is 16.0 Å². The van der Waals surface area contributed by atoms with Crippen molar-refractivity contribution in [3.05, 3.63) is 17.0 Å². The van der Waals surface area contributed by atoms with Gasteiger partial charge in [-0.2, -0.15) is 5.10 Å². The summed E-state index contributed by atoms with van der Waals surface area (Å²) in [6, 6.07) is 0.225. The molecule has 0 radical (unpaired) electrons. The highest BCUT2D eigenvalue weighted by molar-refractivity contribution is 5.80. The minimum atomic E-state index is 0.00780. The van der Waals surface area contributed by atoms with E-state index in [1.807, 2.05) is 32.5 Å². The molecule has 0 saturated carbocycles. The van der Waals surface area contributed by atoms with Gasteiger partial charge in [0.15, 0.2) is 5.96 Å². The summed E-state index contributed by atoms with van der Waals surface area (Å²) in [5, 5.41) is 13.9. The van der Waals surface area contributed by atoms with Crippen LogP contribution in [0.1, 0.15) is 37.7 Å². The summed E-state index contributed by atoms with van der Waals surface area (Å²) in [5.41, 5.74) is 3.54. The van der Waals surface area contributed by atoms with Crippen molar-refractivity contribution in [1.29, 1.82) is 0 Å². The highest BCUT2D eigenvalue weighted by Gasteiger charge is 2.14. The summed E-state index contributed by atoms with van der Waals surface area (Å²) in [5.74, 6) is 0.810. The van der Waals surface area contributed by atoms with E-state index >= 15 is 0 Å². The number of guanidine groups is 1. The summed E-state index contributed by atoms with van der Waals surface area (Å²) in [6.07, 6.45) is 0.885. The van der Waals surface area contributed by atoms with Crippen molar-refractivity contribution in [1.82, 2.24) is 25.7 Å². The Labute approximate surface area is 145 Å². The van der Waals surface area contributed by atoms with E-state index in [1.165, 1.54) is 11.3 Å². The third-order valence-corrected chi connectivity index (χ3v) is 4.02. The number of nitrogens with zero attached hydrogens (tertiary/aromatic N) is 3. The maximum absolute atomic E-state index is 11.5. The molecule has 136 valence electrons. The third kappa shape index (κ3) is 5.86. The van der Waals surface area contributed by atoms with Gasteiger partial charge in [0.25, 0.3) is 0 Å². The molecule has 7 nitrogen and oxygen atoms in total. The van der Waals surface area contributed by atoms with Gasteiger partial charge in [-0.05, 0) is 32.8 Å². The number of rotatable bonds is 7. The number of carbonyl (C=O) groups excluding carboxylic acids is 1. The summed E-state index contributed by atoms with van der Waals surface area (Å²) in [6.45, 7) is 11.2. The van der Waals surface area contributed by atoms with Crippen molar-refractivity contribution in [3.63, 3.8) is 0 Å². The van der Waals surface area contributed by atoms with Crippen LogP contribution < -0.4 is 16.0 Å². The van der Waals surface area contributed by atoms with Crippen LogP contribution >= 0.6 is 0 Å². The molecule has 1 amide bonds. The minimum Gasteiger partial charge on any atom is -0.355 e. The molecule has 7 heteroatoms. The average molecular weight is 336 g/mol. The van der Waals surface area contributed by atoms with E-state index in [9.17, 15) is 4.79 Å². The quantitative estimate of drug-likeness (QED) is 0.392. The molecular weight excluding hydrogens is 304 g/mol. The first-order chi connectivity index (χ1) is 11.3. The first kappa shape index (κ1) is 20.0. The van der Waals surface area contributed by atoms with Crippen molar-refractivity contribution in [3.8, 4) is 0 Å². The molecule has 0 aliphatic carbocycles. The van der Waals surface area contributed by atoms with Gasteiger partial charge in [0, 0.05) is 44.8 Å². The van der Waals surface area contributed by atoms with E-state index in [0.717, 1.165) is 18.1 Å². The smallest absolute Gasteiger partial charge is 0.222 e. The Kier molecular flexibility index (Phi) is 7.74. The number of aromatic nitrogens is 2. The van der Waals surface area contributed by atoms with Crippen LogP contribution in [-0.2, 0) is 18.3 Å². The van der Waals surface area contributed by atoms with Crippen LogP contribution in [-0.4, -0.2) is 47.8 Å². The average Bonchev–Trinajstić information content (AvgIpc) is 2.76. The largest absolute Gasteiger partial charge is 0.355 e. The van der Waals surface area contributed by atoms with Crippen LogP contribution in [0, 0.1) is 19.8 Å². The SMILES string of the molecule is CN=C(NCCNC(=O)C(C)C)NC(C)Cc1c(C)nn(C)c1C. The van der Waals surface area contributed by atoms with Crippen LogP contribution in [0.3, 0.4) is 0 Å². The lowest BCUT2D eigenvalue weighted by Crippen LogP contribution is -2.45. The van der Waals surface area contributed by atoms with Crippen LogP contribution in [0.5, 0.6) is 0 Å². The van der Waals surface area contributed by atoms with Crippen molar-refractivity contribution in [2.45, 2.75) is 47.1 Å². The van der Waals surface area contributed by atoms with Crippen LogP contribution in [0.15, 0.2) is 4.99 Å². The van der Waals surface area contributed by atoms with Crippen molar-refractivity contribution >= 4 is 11.9 Å². The van der Waals surface area contributed by atoms with Gasteiger partial charge in [0.2, 0.25) is 5.91 Å². The molecule has 3 N–H and O–H groups in total. The van der Waals surface area contributed by atoms with Crippen LogP contribution in [0.4, 0.5) is 0 Å². The zero-order chi connectivity index (χ0) is 18.3. The van der Waals surface area contributed by atoms with E-state index in [2.05, 4.69) is 39.9 Å². The van der Waals surface area contributed by atoms with Gasteiger partial charge in [0.1, 0.15) is 0 Å². The molecular formula is C17H32N6O. The van der Waals surface area contributed by atoms with E-state index in [-0.39, 0.29) is 17.9 Å². The number of aryl methyl sites for hydroxylation is 2. The maximum atomic E-state index is 11.5. The second kappa shape index (κ2) is 9.30. The Morgan fingerprint density at radius 1 is 1.21 bits per heavy atom. The van der Waals surface area contributed by atoms with E-state index < -0.39 is 0 Å². The lowest BCUT2D eigenvalue weighted by Gasteiger charge is -2.18. The molecule has 24 heavy (non-hydrogen) atoms. The molecule has 1 aromatic rings. The molecule has 1 atom stereocenters. The second-order valence-electron chi connectivity index (χ2n) is 6.47. The topological polar surface area (TPSA) is 83.3 Å². The van der Waals surface area contributed by atoms with Crippen molar-refractivity contribution in [2.75, 3.05) is 20.1 Å². The monoisotopic (exact) mass is 336 g/mol. The number of hydrogen-bond acceptors (Lipinski definition) is 3. The lowest BCUT2D eigenvalue weighted by molar-refractivity contribution is -0.123. The fourth-order valence-electron chi connectivity index (χ4n) is 2.47. The van der Waals surface area contributed by atoms with Gasteiger partial charge in [-0.3, -0.25) is 14.5 Å². The third-order valence-electron chi connectivity index (χ3n) is 4.02. The molecule has 1 unspecified atom stereocenters. The Balaban J connectivity index is 2.43. The molecule has 0 saturated heterocycles. The number of carbonyl (C=O) groups is 1. The maximum Gasteiger partial charge on any atom is 0.222 e. The fraction of sp³-hybridized carbons (Fsp3) is 0.706. The standard InChI is InChI=1S/C17H32N6O/c1-11(2)16(24)19-8-9-20-17(18-6)21-12(3)10-15-13(4)22-23(7)14(15)5/h11-12H,8-10H2,1-7H3,(H,19,24)(H2,18,20,21). The number of hydrogen-bond donors (Lipinski definition) is 3. The molecule has 0 aliphatic rings. The second-order valence-corrected chi connectivity index (χ2v) is 6.47. The minimum absolute atomic E-state index is 0.00780. The van der Waals surface area contributed by atoms with Gasteiger partial charge in [-0.1, -0.05) is 13.8 Å². The molecule has 0 aliphatic heterocycles. The Morgan fingerprint density at radius 3 is 2.33 bits per heavy atom. The highest BCUT2D eigenvalue weighted by atomic mass is 16.1. The number of nitrogens with one attached hydrogen (secondary N) is 3. The Bertz CT molecular complexity index is 576. The van der Waals surface area contributed by atoms with Crippen LogP contribution in [0.2, 0.25) is 0 Å². The zero-order valence-electron chi connectivity index (χ0n) is 16.0. The summed E-state index contributed by atoms with van der Waals surface area (Å²) in [7, 11) is 3.71. The van der Waals surface area contributed by atoms with Crippen molar-refractivity contribution in [2.24, 2.45) is 18.0 Å². The molecule has 0 fully saturated rings. The van der Waals surface area contributed by atoms with Gasteiger partial charge in [0.05, 0.1) is 5.69 Å². The zero-order valence-corrected chi connectivity index (χ0v) is 16.0. The predicted octanol–water partition coefficient (Wildman–Crippen LogP) is 0.905. The lowest BCUT2D eigenvalue weighted by atomic mass is 10.1. The van der Waals surface area contributed by atoms with E-state index in [0.29, 0.717) is 13.1 Å². The predicted molar refractivity (Wildman–Crippen MR) is 98.2 cm³/mol. The fourth-order valence-corrected chi connectivity index (χ4v) is 2.47. The first-order valence-electron chi connectivity index (χ1n) is 8.50. The first-order valence-corrected chi connectivity index (χ1v) is 8.50.